The van der Waals surface area contributed by atoms with Crippen LogP contribution in [0, 0.1) is 0 Å². The van der Waals surface area contributed by atoms with E-state index in [-0.39, 0.29) is 0 Å². The third-order valence-corrected chi connectivity index (χ3v) is 5.58. The molecule has 0 saturated heterocycles. The van der Waals surface area contributed by atoms with E-state index in [0.717, 1.165) is 25.6 Å². The van der Waals surface area contributed by atoms with E-state index in [2.05, 4.69) is 68.9 Å². The number of halogens is 1. The van der Waals surface area contributed by atoms with E-state index in [0.29, 0.717) is 0 Å². The van der Waals surface area contributed by atoms with Crippen LogP contribution < -0.4 is 10.2 Å². The van der Waals surface area contributed by atoms with Crippen molar-refractivity contribution in [1.82, 2.24) is 5.32 Å². The van der Waals surface area contributed by atoms with Crippen molar-refractivity contribution in [3.8, 4) is 0 Å². The van der Waals surface area contributed by atoms with Gasteiger partial charge in [-0.3, -0.25) is 0 Å². The first kappa shape index (κ1) is 15.1. The lowest BCUT2D eigenvalue weighted by atomic mass is 10.2. The van der Waals surface area contributed by atoms with Crippen molar-refractivity contribution in [2.45, 2.75) is 31.8 Å². The molecule has 0 bridgehead atoms. The van der Waals surface area contributed by atoms with E-state index in [1.54, 1.807) is 0 Å². The molecule has 1 saturated carbocycles. The molecule has 1 aliphatic rings. The van der Waals surface area contributed by atoms with E-state index in [9.17, 15) is 0 Å². The van der Waals surface area contributed by atoms with E-state index in [4.69, 9.17) is 0 Å². The van der Waals surface area contributed by atoms with Crippen LogP contribution in [0.25, 0.3) is 0 Å². The number of rotatable bonds is 7. The molecule has 21 heavy (non-hydrogen) atoms. The fraction of sp³-hybridized carbons (Fsp3) is 0.412. The maximum Gasteiger partial charge on any atom is 0.0375 e. The number of hydrogen-bond acceptors (Lipinski definition) is 3. The maximum absolute atomic E-state index is 3.71. The molecule has 1 N–H and O–H groups in total. The summed E-state index contributed by atoms with van der Waals surface area (Å²) < 4.78 is 1.20. The van der Waals surface area contributed by atoms with Crippen LogP contribution in [0.4, 0.5) is 5.69 Å². The van der Waals surface area contributed by atoms with Crippen molar-refractivity contribution in [2.75, 3.05) is 18.5 Å². The summed E-state index contributed by atoms with van der Waals surface area (Å²) in [5.41, 5.74) is 2.62. The van der Waals surface area contributed by atoms with Crippen LogP contribution in [0.2, 0.25) is 0 Å². The number of anilines is 1. The molecule has 1 fully saturated rings. The quantitative estimate of drug-likeness (QED) is 0.780. The summed E-state index contributed by atoms with van der Waals surface area (Å²) >= 11 is 5.55. The van der Waals surface area contributed by atoms with Crippen LogP contribution in [0.1, 0.15) is 23.3 Å². The summed E-state index contributed by atoms with van der Waals surface area (Å²) in [6.45, 7) is 2.01. The Bertz CT molecular complexity index is 578. The molecule has 4 heteroatoms. The topological polar surface area (TPSA) is 15.3 Å². The van der Waals surface area contributed by atoms with Crippen molar-refractivity contribution in [2.24, 2.45) is 0 Å². The summed E-state index contributed by atoms with van der Waals surface area (Å²) in [6, 6.07) is 11.8. The Hall–Kier alpha value is -0.840. The van der Waals surface area contributed by atoms with Crippen molar-refractivity contribution in [3.05, 3.63) is 50.6 Å². The summed E-state index contributed by atoms with van der Waals surface area (Å²) in [6.07, 6.45) is 3.78. The number of thiophene rings is 1. The van der Waals surface area contributed by atoms with Crippen molar-refractivity contribution in [3.63, 3.8) is 0 Å². The van der Waals surface area contributed by atoms with Gasteiger partial charge in [0.2, 0.25) is 0 Å². The largest absolute Gasteiger partial charge is 0.374 e. The van der Waals surface area contributed by atoms with Gasteiger partial charge >= 0.3 is 0 Å². The lowest BCUT2D eigenvalue weighted by molar-refractivity contribution is 0.686. The summed E-state index contributed by atoms with van der Waals surface area (Å²) in [5, 5.41) is 5.71. The average Bonchev–Trinajstić information content (AvgIpc) is 3.17. The molecule has 2 aromatic rings. The molecule has 0 aliphatic heterocycles. The van der Waals surface area contributed by atoms with Gasteiger partial charge in [-0.15, -0.1) is 11.3 Å². The minimum Gasteiger partial charge on any atom is -0.374 e. The Morgan fingerprint density at radius 3 is 2.86 bits per heavy atom. The van der Waals surface area contributed by atoms with Gasteiger partial charge in [-0.1, -0.05) is 28.1 Å². The molecule has 0 radical (unpaired) electrons. The Balaban J connectivity index is 1.57. The molecule has 0 amide bonds. The van der Waals surface area contributed by atoms with Gasteiger partial charge < -0.3 is 10.2 Å². The summed E-state index contributed by atoms with van der Waals surface area (Å²) in [7, 11) is 2.16. The Morgan fingerprint density at radius 2 is 2.19 bits per heavy atom. The van der Waals surface area contributed by atoms with Gasteiger partial charge in [-0.05, 0) is 48.4 Å². The predicted octanol–water partition coefficient (Wildman–Crippen LogP) is 4.44. The molecule has 2 nitrogen and oxygen atoms in total. The van der Waals surface area contributed by atoms with Crippen molar-refractivity contribution >= 4 is 33.0 Å². The monoisotopic (exact) mass is 364 g/mol. The van der Waals surface area contributed by atoms with Crippen LogP contribution in [-0.4, -0.2) is 19.6 Å². The number of hydrogen-bond donors (Lipinski definition) is 1. The van der Waals surface area contributed by atoms with Gasteiger partial charge in [0.05, 0.1) is 0 Å². The van der Waals surface area contributed by atoms with Gasteiger partial charge in [0.1, 0.15) is 0 Å². The summed E-state index contributed by atoms with van der Waals surface area (Å²) in [5.74, 6) is 0. The molecule has 1 aromatic carbocycles. The van der Waals surface area contributed by atoms with Crippen LogP contribution in [0.3, 0.4) is 0 Å². The zero-order valence-corrected chi connectivity index (χ0v) is 14.7. The van der Waals surface area contributed by atoms with E-state index >= 15 is 0 Å². The normalized spacial score (nSPS) is 14.4. The Morgan fingerprint density at radius 1 is 1.33 bits per heavy atom. The zero-order chi connectivity index (χ0) is 14.7. The second kappa shape index (κ2) is 6.95. The molecule has 1 heterocycles. The van der Waals surface area contributed by atoms with Gasteiger partial charge in [0, 0.05) is 41.2 Å². The van der Waals surface area contributed by atoms with E-state index < -0.39 is 0 Å². The summed E-state index contributed by atoms with van der Waals surface area (Å²) in [4.78, 5) is 3.77. The molecular weight excluding hydrogens is 344 g/mol. The lowest BCUT2D eigenvalue weighted by Crippen LogP contribution is -2.20. The second-order valence-corrected chi connectivity index (χ2v) is 7.57. The third-order valence-electron chi connectivity index (χ3n) is 3.91. The standard InChI is InChI=1S/C17H21BrN2S/c1-20(9-8-16-3-2-10-21-16)15-7-4-13(17(18)11-15)12-19-14-5-6-14/h2-4,7,10-11,14,19H,5-6,8-9,12H2,1H3. The van der Waals surface area contributed by atoms with Crippen LogP contribution in [0.5, 0.6) is 0 Å². The fourth-order valence-corrected chi connectivity index (χ4v) is 3.53. The highest BCUT2D eigenvalue weighted by Gasteiger charge is 2.20. The van der Waals surface area contributed by atoms with E-state index in [1.165, 1.54) is 33.4 Å². The van der Waals surface area contributed by atoms with Crippen molar-refractivity contribution < 1.29 is 0 Å². The lowest BCUT2D eigenvalue weighted by Gasteiger charge is -2.20. The fourth-order valence-electron chi connectivity index (χ4n) is 2.32. The van der Waals surface area contributed by atoms with Gasteiger partial charge in [0.15, 0.2) is 0 Å². The Kier molecular flexibility index (Phi) is 4.99. The van der Waals surface area contributed by atoms with E-state index in [1.807, 2.05) is 11.3 Å². The molecule has 0 spiro atoms. The number of likely N-dealkylation sites (N-methyl/N-ethyl adjacent to an activating group) is 1. The van der Waals surface area contributed by atoms with Gasteiger partial charge in [0.25, 0.3) is 0 Å². The highest BCUT2D eigenvalue weighted by Crippen LogP contribution is 2.26. The molecule has 3 rings (SSSR count). The molecular formula is C17H21BrN2S. The number of nitrogens with one attached hydrogen (secondary N) is 1. The zero-order valence-electron chi connectivity index (χ0n) is 12.3. The first-order chi connectivity index (χ1) is 10.2. The van der Waals surface area contributed by atoms with Crippen LogP contribution >= 0.6 is 27.3 Å². The SMILES string of the molecule is CN(CCc1cccs1)c1ccc(CNC2CC2)c(Br)c1. The highest BCUT2D eigenvalue weighted by atomic mass is 79.9. The smallest absolute Gasteiger partial charge is 0.0375 e. The molecule has 112 valence electrons. The third kappa shape index (κ3) is 4.31. The molecule has 1 aromatic heterocycles. The number of nitrogens with zero attached hydrogens (tertiary/aromatic N) is 1. The highest BCUT2D eigenvalue weighted by molar-refractivity contribution is 9.10. The Labute approximate surface area is 139 Å². The first-order valence-electron chi connectivity index (χ1n) is 7.48. The predicted molar refractivity (Wildman–Crippen MR) is 95.3 cm³/mol. The maximum atomic E-state index is 3.71. The minimum atomic E-state index is 0.755. The van der Waals surface area contributed by atoms with Gasteiger partial charge in [-0.2, -0.15) is 0 Å². The first-order valence-corrected chi connectivity index (χ1v) is 9.15. The average molecular weight is 365 g/mol. The number of benzene rings is 1. The second-order valence-electron chi connectivity index (χ2n) is 5.68. The van der Waals surface area contributed by atoms with Crippen LogP contribution in [-0.2, 0) is 13.0 Å². The molecule has 1 aliphatic carbocycles. The minimum absolute atomic E-state index is 0.755. The molecule has 0 unspecified atom stereocenters. The van der Waals surface area contributed by atoms with Gasteiger partial charge in [-0.25, -0.2) is 0 Å². The van der Waals surface area contributed by atoms with Crippen molar-refractivity contribution in [1.29, 1.82) is 0 Å². The molecule has 0 atom stereocenters. The van der Waals surface area contributed by atoms with Crippen LogP contribution in [0.15, 0.2) is 40.2 Å².